The summed E-state index contributed by atoms with van der Waals surface area (Å²) >= 11 is 4.95. The van der Waals surface area contributed by atoms with Crippen molar-refractivity contribution in [3.63, 3.8) is 0 Å². The Balaban J connectivity index is -0.000000281. The van der Waals surface area contributed by atoms with Crippen molar-refractivity contribution in [1.82, 2.24) is 40.5 Å². The summed E-state index contributed by atoms with van der Waals surface area (Å²) in [7, 11) is 7.21. The molecular formula is C48H66ClN9O15S3. The van der Waals surface area contributed by atoms with Crippen LogP contribution in [0.15, 0.2) is 37.6 Å². The van der Waals surface area contributed by atoms with Gasteiger partial charge in [0.15, 0.2) is 0 Å². The number of carboxylic acids is 1. The minimum atomic E-state index is -1.11. The maximum Gasteiger partial charge on any atom is 0.328 e. The molecule has 0 aromatic carbocycles. The number of esters is 2. The molecule has 0 saturated heterocycles. The van der Waals surface area contributed by atoms with Crippen LogP contribution in [0.2, 0.25) is 0 Å². The molecule has 418 valence electrons. The molecule has 0 spiro atoms. The predicted octanol–water partition coefficient (Wildman–Crippen LogP) is -0.680. The number of hydrogen-bond donors (Lipinski definition) is 7. The number of nitrogens with zero attached hydrogens (tertiary/aromatic N) is 3. The number of amides is 2. The van der Waals surface area contributed by atoms with Gasteiger partial charge in [0, 0.05) is 76.3 Å². The Labute approximate surface area is 468 Å². The molecule has 8 N–H and O–H groups in total. The van der Waals surface area contributed by atoms with Crippen molar-refractivity contribution in [2.45, 2.75) is 44.3 Å². The number of aromatic amines is 3. The molecule has 0 bridgehead atoms. The summed E-state index contributed by atoms with van der Waals surface area (Å²) in [5, 5.41) is 13.5. The molecule has 28 heteroatoms. The topological polar surface area (TPSA) is 333 Å². The lowest BCUT2D eigenvalue weighted by atomic mass is 10.1. The highest BCUT2D eigenvalue weighted by Crippen LogP contribution is 2.02. The van der Waals surface area contributed by atoms with Gasteiger partial charge in [0.25, 0.3) is 0 Å². The first-order valence-electron chi connectivity index (χ1n) is 21.1. The Morgan fingerprint density at radius 2 is 0.961 bits per heavy atom. The maximum absolute atomic E-state index is 11.7. The van der Waals surface area contributed by atoms with E-state index >= 15 is 0 Å². The SMILES string of the molecule is C#CC#CC#CC#CC#CC#CC.COC(=O)[C@@H](N)Cc1cnc[nH]1.COCCOCC(=O)Cl.COCCOCC(=O)N[C@@H](Cc1cnc[nH]1)C(=O)O.COCCOCC(=O)N[C@@H](Cc1cnc[nH]1)C(=O)OC.S.S.S. The van der Waals surface area contributed by atoms with Crippen molar-refractivity contribution in [2.75, 3.05) is 95.0 Å². The number of aromatic nitrogens is 6. The molecule has 0 saturated carbocycles. The third kappa shape index (κ3) is 48.0. The van der Waals surface area contributed by atoms with Gasteiger partial charge >= 0.3 is 17.9 Å². The van der Waals surface area contributed by atoms with Gasteiger partial charge in [0.05, 0.1) is 72.8 Å². The molecule has 3 aromatic rings. The third-order valence-electron chi connectivity index (χ3n) is 7.59. The van der Waals surface area contributed by atoms with Gasteiger partial charge in [-0.3, -0.25) is 19.2 Å². The lowest BCUT2D eigenvalue weighted by molar-refractivity contribution is -0.145. The smallest absolute Gasteiger partial charge is 0.328 e. The fraction of sp³-hybridized carbons (Fsp3) is 0.438. The first-order valence-corrected chi connectivity index (χ1v) is 21.5. The second kappa shape index (κ2) is 55.8. The van der Waals surface area contributed by atoms with Crippen molar-refractivity contribution in [1.29, 1.82) is 0 Å². The van der Waals surface area contributed by atoms with E-state index in [2.05, 4.69) is 120 Å². The zero-order valence-electron chi connectivity index (χ0n) is 42.7. The normalized spacial score (nSPS) is 9.88. The molecule has 0 unspecified atom stereocenters. The summed E-state index contributed by atoms with van der Waals surface area (Å²) in [6, 6.07) is -2.41. The van der Waals surface area contributed by atoms with E-state index in [-0.39, 0.29) is 79.8 Å². The number of rotatable bonds is 26. The van der Waals surface area contributed by atoms with E-state index in [4.69, 9.17) is 52.5 Å². The van der Waals surface area contributed by atoms with Crippen LogP contribution in [0.25, 0.3) is 0 Å². The lowest BCUT2D eigenvalue weighted by Crippen LogP contribution is -2.44. The van der Waals surface area contributed by atoms with Crippen LogP contribution in [-0.2, 0) is 85.9 Å². The molecule has 3 aromatic heterocycles. The molecule has 2 amide bonds. The van der Waals surface area contributed by atoms with Crippen molar-refractivity contribution >= 4 is 87.1 Å². The summed E-state index contributed by atoms with van der Waals surface area (Å²) in [6.07, 6.45) is 14.9. The summed E-state index contributed by atoms with van der Waals surface area (Å²) in [5.74, 6) is 24.0. The molecule has 76 heavy (non-hydrogen) atoms. The van der Waals surface area contributed by atoms with E-state index in [9.17, 15) is 28.8 Å². The Kier molecular flexibility index (Phi) is 57.3. The van der Waals surface area contributed by atoms with Crippen LogP contribution in [0.5, 0.6) is 0 Å². The number of methoxy groups -OCH3 is 5. The Hall–Kier alpha value is -6.93. The van der Waals surface area contributed by atoms with Crippen molar-refractivity contribution in [2.24, 2.45) is 5.73 Å². The highest BCUT2D eigenvalue weighted by atomic mass is 35.5. The van der Waals surface area contributed by atoms with E-state index in [0.29, 0.717) is 45.1 Å². The summed E-state index contributed by atoms with van der Waals surface area (Å²) in [6.45, 7) is 3.61. The van der Waals surface area contributed by atoms with Crippen LogP contribution in [0.3, 0.4) is 0 Å². The van der Waals surface area contributed by atoms with Gasteiger partial charge in [-0.25, -0.2) is 24.5 Å². The molecule has 3 atom stereocenters. The number of carboxylic acid groups (broad SMARTS) is 1. The second-order valence-corrected chi connectivity index (χ2v) is 13.5. The van der Waals surface area contributed by atoms with Crippen molar-refractivity contribution in [3.05, 3.63) is 54.7 Å². The number of halogens is 1. The minimum Gasteiger partial charge on any atom is -0.480 e. The predicted molar refractivity (Wildman–Crippen MR) is 294 cm³/mol. The fourth-order valence-electron chi connectivity index (χ4n) is 4.33. The zero-order valence-corrected chi connectivity index (χ0v) is 46.5. The largest absolute Gasteiger partial charge is 0.480 e. The van der Waals surface area contributed by atoms with Gasteiger partial charge in [-0.15, -0.1) is 6.42 Å². The maximum atomic E-state index is 11.7. The van der Waals surface area contributed by atoms with Gasteiger partial charge in [0.2, 0.25) is 17.1 Å². The first-order chi connectivity index (χ1) is 35.2. The van der Waals surface area contributed by atoms with Gasteiger partial charge in [0.1, 0.15) is 37.9 Å². The van der Waals surface area contributed by atoms with Crippen LogP contribution < -0.4 is 16.4 Å². The average molecular weight is 1140 g/mol. The second-order valence-electron chi connectivity index (χ2n) is 13.1. The van der Waals surface area contributed by atoms with E-state index in [1.807, 2.05) is 0 Å². The zero-order chi connectivity index (χ0) is 54.7. The number of aliphatic carboxylic acids is 1. The molecule has 0 aliphatic heterocycles. The number of hydrogen-bond acceptors (Lipinski definition) is 18. The van der Waals surface area contributed by atoms with Crippen LogP contribution in [0.1, 0.15) is 24.0 Å². The number of nitrogens with two attached hydrogens (primary N) is 1. The average Bonchev–Trinajstić information content (AvgIpc) is 4.21. The molecule has 3 rings (SSSR count). The lowest BCUT2D eigenvalue weighted by Gasteiger charge is -2.15. The number of terminal acetylenes is 1. The van der Waals surface area contributed by atoms with Crippen LogP contribution in [-0.4, -0.2) is 183 Å². The van der Waals surface area contributed by atoms with Crippen LogP contribution in [0.4, 0.5) is 0 Å². The molecule has 0 aliphatic rings. The molecule has 24 nitrogen and oxygen atoms in total. The van der Waals surface area contributed by atoms with Gasteiger partial charge in [-0.05, 0) is 77.7 Å². The number of carbonyl (C=O) groups is 6. The number of H-pyrrole nitrogens is 3. The first kappa shape index (κ1) is 78.0. The monoisotopic (exact) mass is 1140 g/mol. The molecule has 0 fully saturated rings. The summed E-state index contributed by atoms with van der Waals surface area (Å²) in [4.78, 5) is 86.6. The Morgan fingerprint density at radius 3 is 1.30 bits per heavy atom. The summed E-state index contributed by atoms with van der Waals surface area (Å²) < 4.78 is 38.1. The van der Waals surface area contributed by atoms with Gasteiger partial charge in [-0.2, -0.15) is 40.5 Å². The fourth-order valence-corrected chi connectivity index (χ4v) is 4.41. The van der Waals surface area contributed by atoms with E-state index in [1.165, 1.54) is 40.2 Å². The van der Waals surface area contributed by atoms with Crippen molar-refractivity contribution < 1.29 is 71.8 Å². The quantitative estimate of drug-likeness (QED) is 0.0227. The highest BCUT2D eigenvalue weighted by molar-refractivity contribution is 7.59. The van der Waals surface area contributed by atoms with E-state index in [1.54, 1.807) is 39.9 Å². The highest BCUT2D eigenvalue weighted by Gasteiger charge is 2.23. The Morgan fingerprint density at radius 1 is 0.592 bits per heavy atom. The number of carbonyl (C=O) groups excluding carboxylic acids is 5. The van der Waals surface area contributed by atoms with E-state index < -0.39 is 53.1 Å². The van der Waals surface area contributed by atoms with E-state index in [0.717, 1.165) is 11.4 Å². The molecular weight excluding hydrogens is 1070 g/mol. The number of ether oxygens (including phenoxy) is 8. The molecule has 0 aliphatic carbocycles. The Bertz CT molecular complexity index is 2390. The summed E-state index contributed by atoms with van der Waals surface area (Å²) in [5.41, 5.74) is 7.68. The third-order valence-corrected chi connectivity index (χ3v) is 7.69. The minimum absolute atomic E-state index is 0. The number of imidazole rings is 3. The number of nitrogens with one attached hydrogen (secondary N) is 5. The van der Waals surface area contributed by atoms with Gasteiger partial charge in [-0.1, -0.05) is 5.92 Å². The van der Waals surface area contributed by atoms with Gasteiger partial charge < -0.3 is 74.3 Å². The van der Waals surface area contributed by atoms with Crippen molar-refractivity contribution in [3.8, 4) is 71.5 Å². The molecule has 0 radical (unpaired) electrons. The molecule has 3 heterocycles. The van der Waals surface area contributed by atoms with Crippen LogP contribution >= 0.6 is 52.1 Å². The van der Waals surface area contributed by atoms with Crippen LogP contribution in [0, 0.1) is 71.5 Å². The standard InChI is InChI=1S/C13H4.C12H19N3O5.C11H17N3O5.C7H11N3O2.C5H9ClO3.3H2S/c1-3-5-7-9-11-13-12-10-8-6-4-2;1-18-3-4-20-7-11(16)15-10(12(17)19-2)5-9-6-13-8-14-9;1-18-2-3-19-6-10(15)14-9(11(16)17)4-8-5-12-7-13-8;1-12-7(11)6(8)2-5-3-9-4-10-5;1-8-2-3-9-4-5(6)7;;;/h1H,2H3;6,8,10H,3-5,7H2,1-2H3,(H,13,14)(H,15,16);5,7,9H,2-4,6H2,1H3,(H,12,13)(H,14,15)(H,16,17);3-4,6H,2,8H2,1H3,(H,9,10);2-4H2,1H3;3*1H2/t;10-;9-;6-;;;;/m.000..../s1.